The van der Waals surface area contributed by atoms with E-state index in [1.807, 2.05) is 61.5 Å². The molecule has 2 aliphatic heterocycles. The van der Waals surface area contributed by atoms with Gasteiger partial charge >= 0.3 is 24.1 Å². The lowest BCUT2D eigenvalue weighted by Crippen LogP contribution is -2.29. The molecule has 13 nitrogen and oxygen atoms in total. The van der Waals surface area contributed by atoms with Crippen molar-refractivity contribution >= 4 is 29.2 Å². The summed E-state index contributed by atoms with van der Waals surface area (Å²) in [7, 11) is 0. The van der Waals surface area contributed by atoms with Crippen molar-refractivity contribution in [2.24, 2.45) is 0 Å². The van der Waals surface area contributed by atoms with E-state index >= 15 is 0 Å². The van der Waals surface area contributed by atoms with Gasteiger partial charge in [0.05, 0.1) is 22.6 Å². The van der Waals surface area contributed by atoms with E-state index in [-0.39, 0.29) is 34.9 Å². The van der Waals surface area contributed by atoms with Crippen LogP contribution in [0.25, 0.3) is 16.8 Å². The summed E-state index contributed by atoms with van der Waals surface area (Å²) < 4.78 is 54.0. The lowest BCUT2D eigenvalue weighted by Gasteiger charge is -2.27. The van der Waals surface area contributed by atoms with Gasteiger partial charge in [-0.3, -0.25) is 4.40 Å². The van der Waals surface area contributed by atoms with E-state index < -0.39 is 35.5 Å². The molecule has 0 spiro atoms. The number of pyridine rings is 1. The Morgan fingerprint density at radius 1 is 0.645 bits per heavy atom. The number of fused-ring (bicyclic) bond motifs is 1. The standard InChI is InChI=1S/C23H22N2O2.C18H16F4N2O2.C18H19N3O2/c1-3-15-25-17(2)13-14-21(22(25)23(26)27)24-16-19-11-7-8-12-20(19)18-9-5-4-6-10-18;1-3-8-24-11(2)4-7-15(16(24)17(25)26)23-10-12-5-6-13(19)9-14(12)18(20,21)22;1-2-5-13-6-3-4-7-14(13)12-20-15-8-9-16-19-10-11-21(16)17(15)18(22)23/h3-15,24H,2,16H2,1H3,(H,26,27);3-9,23H,2,10H2,1H3,(H,25,26);3-4,6-11,20H,2,5,12H2,1H3,(H,22,23)/b15-3-;8-3-;. The maximum Gasteiger partial charge on any atom is 0.416 e. The Hall–Kier alpha value is -9.38. The summed E-state index contributed by atoms with van der Waals surface area (Å²) in [4.78, 5) is 42.1. The molecular formula is C59H57F4N7O6. The number of aromatic carboxylic acids is 1. The number of nitrogens with one attached hydrogen (secondary N) is 3. The number of hydrogen-bond acceptors (Lipinski definition) is 9. The number of halogens is 4. The van der Waals surface area contributed by atoms with E-state index in [1.165, 1.54) is 34.4 Å². The summed E-state index contributed by atoms with van der Waals surface area (Å²) >= 11 is 0. The highest BCUT2D eigenvalue weighted by atomic mass is 19.4. The number of anilines is 1. The van der Waals surface area contributed by atoms with Gasteiger partial charge in [0.25, 0.3) is 0 Å². The second-order valence-electron chi connectivity index (χ2n) is 16.9. The minimum absolute atomic E-state index is 0.112. The van der Waals surface area contributed by atoms with Gasteiger partial charge in [-0.25, -0.2) is 23.8 Å². The van der Waals surface area contributed by atoms with Crippen molar-refractivity contribution in [2.75, 3.05) is 5.32 Å². The number of imidazole rings is 1. The smallest absolute Gasteiger partial charge is 0.416 e. The Kier molecular flexibility index (Phi) is 19.1. The molecular weight excluding hydrogens is 979 g/mol. The fourth-order valence-corrected chi connectivity index (χ4v) is 8.29. The van der Waals surface area contributed by atoms with Crippen LogP contribution < -0.4 is 16.0 Å². The van der Waals surface area contributed by atoms with Gasteiger partial charge in [-0.2, -0.15) is 13.2 Å². The van der Waals surface area contributed by atoms with Crippen molar-refractivity contribution in [1.29, 1.82) is 0 Å². The molecule has 0 radical (unpaired) electrons. The van der Waals surface area contributed by atoms with Crippen LogP contribution in [-0.4, -0.2) is 52.4 Å². The highest BCUT2D eigenvalue weighted by Crippen LogP contribution is 2.33. The predicted molar refractivity (Wildman–Crippen MR) is 286 cm³/mol. The van der Waals surface area contributed by atoms with Gasteiger partial charge < -0.3 is 41.1 Å². The Labute approximate surface area is 437 Å². The van der Waals surface area contributed by atoms with E-state index in [0.29, 0.717) is 47.6 Å². The number of nitrogens with zero attached hydrogens (tertiary/aromatic N) is 4. The normalized spacial score (nSPS) is 13.5. The van der Waals surface area contributed by atoms with Gasteiger partial charge in [0.1, 0.15) is 11.5 Å². The zero-order valence-corrected chi connectivity index (χ0v) is 42.0. The average molecular weight is 1040 g/mol. The largest absolute Gasteiger partial charge is 0.476 e. The van der Waals surface area contributed by atoms with Crippen LogP contribution in [0.2, 0.25) is 0 Å². The van der Waals surface area contributed by atoms with E-state index in [2.05, 4.69) is 71.3 Å². The summed E-state index contributed by atoms with van der Waals surface area (Å²) in [6.45, 7) is 14.1. The molecule has 0 unspecified atom stereocenters. The first-order valence-corrected chi connectivity index (χ1v) is 24.0. The summed E-state index contributed by atoms with van der Waals surface area (Å²) in [6.07, 6.45) is 13.7. The fourth-order valence-electron chi connectivity index (χ4n) is 8.29. The third kappa shape index (κ3) is 14.0. The van der Waals surface area contributed by atoms with Crippen molar-refractivity contribution in [1.82, 2.24) is 29.8 Å². The Morgan fingerprint density at radius 2 is 1.18 bits per heavy atom. The van der Waals surface area contributed by atoms with Crippen molar-refractivity contribution in [3.8, 4) is 11.1 Å². The molecule has 6 N–H and O–H groups in total. The SMILES string of the molecule is C=C1C=CC(NCc2ccc(F)cc2C(F)(F)F)=C(C(=O)O)N1/C=C\C.C=C1C=CC(NCc2ccccc2-c2ccccc2)=C(C(=O)O)N1/C=C\C.CCCc1ccccc1CNc1ccc2nccn2c1C(=O)O. The Bertz CT molecular complexity index is 3300. The number of benzene rings is 4. The maximum absolute atomic E-state index is 13.2. The molecule has 0 saturated heterocycles. The molecule has 0 aliphatic carbocycles. The molecule has 4 heterocycles. The number of carboxylic acid groups (broad SMARTS) is 3. The number of hydrogen-bond donors (Lipinski definition) is 6. The minimum atomic E-state index is -4.73. The van der Waals surface area contributed by atoms with E-state index in [1.54, 1.807) is 65.2 Å². The first-order chi connectivity index (χ1) is 36.5. The molecule has 392 valence electrons. The van der Waals surface area contributed by atoms with Crippen LogP contribution in [0.4, 0.5) is 23.2 Å². The Morgan fingerprint density at radius 3 is 1.74 bits per heavy atom. The molecule has 17 heteroatoms. The monoisotopic (exact) mass is 1040 g/mol. The van der Waals surface area contributed by atoms with Crippen LogP contribution in [0.1, 0.15) is 65.5 Å². The number of allylic oxidation sites excluding steroid dienone is 6. The first kappa shape index (κ1) is 55.9. The molecule has 4 aromatic carbocycles. The van der Waals surface area contributed by atoms with Crippen LogP contribution in [0.3, 0.4) is 0 Å². The van der Waals surface area contributed by atoms with Crippen molar-refractivity contribution in [2.45, 2.75) is 59.4 Å². The van der Waals surface area contributed by atoms with E-state index in [0.717, 1.165) is 41.7 Å². The molecule has 0 atom stereocenters. The third-order valence-corrected chi connectivity index (χ3v) is 11.8. The first-order valence-electron chi connectivity index (χ1n) is 24.0. The number of rotatable bonds is 17. The summed E-state index contributed by atoms with van der Waals surface area (Å²) in [5.74, 6) is -4.25. The zero-order chi connectivity index (χ0) is 54.9. The predicted octanol–water partition coefficient (Wildman–Crippen LogP) is 12.4. The molecule has 0 bridgehead atoms. The van der Waals surface area contributed by atoms with Crippen LogP contribution in [0.5, 0.6) is 0 Å². The van der Waals surface area contributed by atoms with Crippen LogP contribution in [0, 0.1) is 5.82 Å². The van der Waals surface area contributed by atoms with E-state index in [4.69, 9.17) is 0 Å². The van der Waals surface area contributed by atoms with Gasteiger partial charge in [-0.1, -0.05) is 124 Å². The maximum atomic E-state index is 13.2. The molecule has 0 fully saturated rings. The molecule has 2 aromatic heterocycles. The van der Waals surface area contributed by atoms with Gasteiger partial charge in [0.15, 0.2) is 17.1 Å². The zero-order valence-electron chi connectivity index (χ0n) is 42.0. The summed E-state index contributed by atoms with van der Waals surface area (Å²) in [6, 6.07) is 32.4. The van der Waals surface area contributed by atoms with E-state index in [9.17, 15) is 47.3 Å². The molecule has 8 rings (SSSR count). The number of carbonyl (C=O) groups is 3. The lowest BCUT2D eigenvalue weighted by atomic mass is 9.99. The number of carboxylic acids is 3. The summed E-state index contributed by atoms with van der Waals surface area (Å²) in [5, 5.41) is 37.9. The average Bonchev–Trinajstić information content (AvgIpc) is 3.89. The van der Waals surface area contributed by atoms with Gasteiger partial charge in [-0.15, -0.1) is 0 Å². The second-order valence-corrected chi connectivity index (χ2v) is 16.9. The number of aromatic nitrogens is 2. The number of alkyl halides is 3. The molecule has 0 saturated carbocycles. The highest BCUT2D eigenvalue weighted by molar-refractivity contribution is 5.93. The van der Waals surface area contributed by atoms with Gasteiger partial charge in [0, 0.05) is 55.8 Å². The molecule has 0 amide bonds. The van der Waals surface area contributed by atoms with Crippen molar-refractivity contribution in [3.05, 3.63) is 257 Å². The third-order valence-electron chi connectivity index (χ3n) is 11.8. The van der Waals surface area contributed by atoms with Crippen LogP contribution >= 0.6 is 0 Å². The lowest BCUT2D eigenvalue weighted by molar-refractivity contribution is -0.138. The molecule has 6 aromatic rings. The van der Waals surface area contributed by atoms with Gasteiger partial charge in [-0.05, 0) is 102 Å². The van der Waals surface area contributed by atoms with Crippen LogP contribution in [0.15, 0.2) is 218 Å². The minimum Gasteiger partial charge on any atom is -0.476 e. The molecule has 76 heavy (non-hydrogen) atoms. The van der Waals surface area contributed by atoms with Crippen LogP contribution in [-0.2, 0) is 41.8 Å². The highest BCUT2D eigenvalue weighted by Gasteiger charge is 2.34. The quantitative estimate of drug-likeness (QED) is 0.0479. The van der Waals surface area contributed by atoms with Crippen molar-refractivity contribution in [3.63, 3.8) is 0 Å². The Balaban J connectivity index is 0.000000186. The summed E-state index contributed by atoms with van der Waals surface area (Å²) in [5.41, 5.74) is 7.59. The second kappa shape index (κ2) is 26.0. The van der Waals surface area contributed by atoms with Crippen molar-refractivity contribution < 1.29 is 47.3 Å². The fraction of sp³-hybridized carbons (Fsp3) is 0.153. The topological polar surface area (TPSA) is 172 Å². The number of aliphatic carboxylic acids is 2. The number of aryl methyl sites for hydroxylation is 1. The molecule has 2 aliphatic rings. The van der Waals surface area contributed by atoms with Gasteiger partial charge in [0.2, 0.25) is 0 Å².